The van der Waals surface area contributed by atoms with Crippen LogP contribution in [0.2, 0.25) is 25.7 Å². The Morgan fingerprint density at radius 2 is 1.19 bits per heavy atom. The maximum atomic E-state index is 13.5. The van der Waals surface area contributed by atoms with Crippen LogP contribution < -0.4 is 14.2 Å². The quantitative estimate of drug-likeness (QED) is 0.0482. The minimum absolute atomic E-state index is 0. The molecule has 0 aliphatic carbocycles. The highest BCUT2D eigenvalue weighted by atomic mass is 31.2. The van der Waals surface area contributed by atoms with Gasteiger partial charge in [0.1, 0.15) is 47.3 Å². The van der Waals surface area contributed by atoms with Crippen molar-refractivity contribution in [2.45, 2.75) is 145 Å². The van der Waals surface area contributed by atoms with Crippen molar-refractivity contribution >= 4 is 35.2 Å². The number of benzene rings is 2. The van der Waals surface area contributed by atoms with Crippen molar-refractivity contribution in [2.24, 2.45) is 0 Å². The number of phenols is 1. The minimum Gasteiger partial charge on any atom is -0.507 e. The molecule has 4 rings (SSSR count). The average molecular weight is 1000 g/mol. The molecule has 2 heterocycles. The number of nitrogens with zero attached hydrogens (tertiary/aromatic N) is 3. The Balaban J connectivity index is 0.000000659. The summed E-state index contributed by atoms with van der Waals surface area (Å²) in [6.07, 6.45) is 4.21. The molecule has 0 fully saturated rings. The molecule has 2 aliphatic heterocycles. The highest BCUT2D eigenvalue weighted by Crippen LogP contribution is 2.62. The normalized spacial score (nSPS) is 15.1. The molecule has 0 spiro atoms. The lowest BCUT2D eigenvalue weighted by atomic mass is 9.94. The largest absolute Gasteiger partial charge is 0.507 e. The second-order valence-electron chi connectivity index (χ2n) is 17.7. The van der Waals surface area contributed by atoms with Gasteiger partial charge < -0.3 is 47.6 Å². The van der Waals surface area contributed by atoms with E-state index in [0.29, 0.717) is 58.1 Å². The minimum atomic E-state index is -4.63. The van der Waals surface area contributed by atoms with Crippen molar-refractivity contribution < 1.29 is 66.3 Å². The lowest BCUT2D eigenvalue weighted by molar-refractivity contribution is 0.0523. The molecule has 0 saturated carbocycles. The van der Waals surface area contributed by atoms with Gasteiger partial charge in [-0.15, -0.1) is 0 Å². The number of esters is 2. The van der Waals surface area contributed by atoms with Gasteiger partial charge in [-0.1, -0.05) is 50.4 Å². The van der Waals surface area contributed by atoms with E-state index in [9.17, 15) is 44.1 Å². The van der Waals surface area contributed by atoms with Crippen molar-refractivity contribution in [3.05, 3.63) is 67.8 Å². The Hall–Kier alpha value is -4.95. The van der Waals surface area contributed by atoms with Crippen molar-refractivity contribution in [1.82, 2.24) is 0 Å². The van der Waals surface area contributed by atoms with Gasteiger partial charge in [0.25, 0.3) is 0 Å². The highest BCUT2D eigenvalue weighted by Gasteiger charge is 2.48. The number of ether oxygens (including phenoxy) is 5. The average Bonchev–Trinajstić information content (AvgIpc) is 3.84. The second-order valence-corrected chi connectivity index (χ2v) is 27.9. The van der Waals surface area contributed by atoms with Crippen molar-refractivity contribution in [3.8, 4) is 41.2 Å². The molecule has 2 atom stereocenters. The fraction of sp³-hybridized carbons (Fsp3) is 0.562. The molecule has 3 N–H and O–H groups in total. The Kier molecular flexibility index (Phi) is 23.0. The Bertz CT molecular complexity index is 2450. The van der Waals surface area contributed by atoms with Gasteiger partial charge in [-0.05, 0) is 98.2 Å². The number of hydrogen-bond acceptors (Lipinski definition) is 15. The summed E-state index contributed by atoms with van der Waals surface area (Å²) in [5, 5.41) is 33.8. The van der Waals surface area contributed by atoms with Crippen LogP contribution in [-0.4, -0.2) is 79.3 Å². The van der Waals surface area contributed by atoms with E-state index < -0.39 is 45.5 Å². The zero-order valence-electron chi connectivity index (χ0n) is 41.3. The number of rotatable bonds is 20. The van der Waals surface area contributed by atoms with Gasteiger partial charge >= 0.3 is 27.1 Å². The molecule has 0 bridgehead atoms. The first-order valence-corrected chi connectivity index (χ1v) is 28.5. The number of methoxy groups -OCH3 is 2. The van der Waals surface area contributed by atoms with Gasteiger partial charge in [-0.2, -0.15) is 15.8 Å². The van der Waals surface area contributed by atoms with Crippen molar-refractivity contribution in [1.29, 1.82) is 15.8 Å². The Morgan fingerprint density at radius 1 is 0.779 bits per heavy atom. The summed E-state index contributed by atoms with van der Waals surface area (Å²) in [5.74, 6) is 0.357. The van der Waals surface area contributed by atoms with E-state index >= 15 is 0 Å². The van der Waals surface area contributed by atoms with E-state index in [-0.39, 0.29) is 64.4 Å². The van der Waals surface area contributed by atoms with Crippen LogP contribution in [-0.2, 0) is 53.7 Å². The number of carbonyl (C=O) groups excluding carboxylic acids is 2. The number of aromatic hydroxyl groups is 1. The van der Waals surface area contributed by atoms with Gasteiger partial charge in [0.2, 0.25) is 0 Å². The molecule has 0 radical (unpaired) electrons. The predicted octanol–water partition coefficient (Wildman–Crippen LogP) is 10.7. The van der Waals surface area contributed by atoms with E-state index in [2.05, 4.69) is 25.7 Å². The van der Waals surface area contributed by atoms with Gasteiger partial charge in [0.15, 0.2) is 10.3 Å². The van der Waals surface area contributed by atoms with E-state index in [4.69, 9.17) is 38.0 Å². The molecular formula is C48H71N3O14P2Si. The van der Waals surface area contributed by atoms with Gasteiger partial charge in [0.05, 0.1) is 52.2 Å². The summed E-state index contributed by atoms with van der Waals surface area (Å²) >= 11 is 0. The first-order valence-electron chi connectivity index (χ1n) is 21.7. The molecule has 2 unspecified atom stereocenters. The van der Waals surface area contributed by atoms with Crippen LogP contribution in [0.3, 0.4) is 0 Å². The zero-order valence-corrected chi connectivity index (χ0v) is 44.1. The maximum absolute atomic E-state index is 13.5. The SMILES string of the molecule is C.CC#N.CCOP(=O)(OCC)C(C)(C#N)C/C(C)=C/Cc1c(OC)c(C)c2c(c1OCC[Si](C)(C)C)C(=O)OC2.COc1c(C)c2c(c(O)c1C/C=C(\C)CC(C)(C#N)P(=O)(O)O)C(=O)OC2. The van der Waals surface area contributed by atoms with E-state index in [1.807, 2.05) is 19.9 Å². The molecule has 20 heteroatoms. The van der Waals surface area contributed by atoms with Crippen molar-refractivity contribution in [2.75, 3.05) is 34.0 Å². The van der Waals surface area contributed by atoms with Crippen LogP contribution in [0.5, 0.6) is 23.0 Å². The highest BCUT2D eigenvalue weighted by molar-refractivity contribution is 7.56. The third-order valence-corrected chi connectivity index (χ3v) is 17.2. The molecule has 17 nitrogen and oxygen atoms in total. The monoisotopic (exact) mass is 1000 g/mol. The van der Waals surface area contributed by atoms with Gasteiger partial charge in [-0.25, -0.2) is 9.59 Å². The van der Waals surface area contributed by atoms with E-state index in [1.165, 1.54) is 21.0 Å². The summed E-state index contributed by atoms with van der Waals surface area (Å²) in [6, 6.07) is 6.56. The van der Waals surface area contributed by atoms with Gasteiger partial charge in [0, 0.05) is 37.3 Å². The summed E-state index contributed by atoms with van der Waals surface area (Å²) in [6.45, 7) is 22.8. The van der Waals surface area contributed by atoms with Crippen LogP contribution in [0.15, 0.2) is 23.3 Å². The molecule has 2 aromatic rings. The molecule has 0 saturated heterocycles. The first kappa shape index (κ1) is 61.1. The van der Waals surface area contributed by atoms with Crippen molar-refractivity contribution in [3.63, 3.8) is 0 Å². The molecular weight excluding hydrogens is 933 g/mol. The maximum Gasteiger partial charge on any atom is 0.350 e. The first-order chi connectivity index (χ1) is 31.1. The van der Waals surface area contributed by atoms with E-state index in [0.717, 1.165) is 28.3 Å². The van der Waals surface area contributed by atoms with Crippen LogP contribution in [0.25, 0.3) is 0 Å². The molecule has 2 aromatic carbocycles. The number of fused-ring (bicyclic) bond motifs is 2. The molecule has 376 valence electrons. The number of carbonyl (C=O) groups is 2. The third kappa shape index (κ3) is 14.3. The van der Waals surface area contributed by atoms with Crippen LogP contribution >= 0.6 is 15.2 Å². The summed E-state index contributed by atoms with van der Waals surface area (Å²) < 4.78 is 63.8. The Labute approximate surface area is 403 Å². The van der Waals surface area contributed by atoms with E-state index in [1.54, 1.807) is 59.9 Å². The summed E-state index contributed by atoms with van der Waals surface area (Å²) in [4.78, 5) is 43.4. The zero-order chi connectivity index (χ0) is 51.3. The molecule has 0 amide bonds. The Morgan fingerprint density at radius 3 is 1.60 bits per heavy atom. The second kappa shape index (κ2) is 25.6. The summed E-state index contributed by atoms with van der Waals surface area (Å²) in [7, 11) is -6.62. The summed E-state index contributed by atoms with van der Waals surface area (Å²) in [5.41, 5.74) is 6.02. The number of allylic oxidation sites excluding steroid dienone is 4. The fourth-order valence-electron chi connectivity index (χ4n) is 7.51. The fourth-order valence-corrected chi connectivity index (χ4v) is 10.7. The number of phenolic OH excluding ortho intramolecular Hbond substituents is 1. The lowest BCUT2D eigenvalue weighted by Gasteiger charge is -2.30. The van der Waals surface area contributed by atoms with Gasteiger partial charge in [-0.3, -0.25) is 9.13 Å². The molecule has 0 aromatic heterocycles. The molecule has 68 heavy (non-hydrogen) atoms. The predicted molar refractivity (Wildman–Crippen MR) is 262 cm³/mol. The van der Waals surface area contributed by atoms with Crippen LogP contribution in [0, 0.1) is 47.8 Å². The number of nitriles is 3. The molecule has 2 aliphatic rings. The van der Waals surface area contributed by atoms with Crippen LogP contribution in [0.4, 0.5) is 0 Å². The number of hydrogen-bond donors (Lipinski definition) is 3. The number of cyclic esters (lactones) is 2. The topological polar surface area (TPSA) is 265 Å². The lowest BCUT2D eigenvalue weighted by Crippen LogP contribution is -2.26. The third-order valence-electron chi connectivity index (χ3n) is 11.3. The van der Waals surface area contributed by atoms with Crippen LogP contribution in [0.1, 0.15) is 123 Å². The smallest absolute Gasteiger partial charge is 0.350 e. The standard InChI is InChI=1S/C27H42NO7PSi.C18H22NO7P.C2H3N.CH4/c1-10-34-36(30,35-11-2)27(5,18-28)16-19(3)12-13-21-24(31-6)20(4)22-17-33-26(29)23(22)25(21)32-14-15-37(7,8)9;1-10(7-18(3,9-19)27(22,23)24)5-6-12-15(20)14-13(8-26-17(14)21)11(2)16(12)25-4;1-2-3;/h12H,10-11,13-17H2,1-9H3;5,20H,6-8H2,1-4H3,(H2,22,23,24);1H3;1H4/b19-12+;10-5+;;.